The fourth-order valence-electron chi connectivity index (χ4n) is 3.75. The molecule has 154 valence electrons. The summed E-state index contributed by atoms with van der Waals surface area (Å²) < 4.78 is 16.6. The zero-order chi connectivity index (χ0) is 20.9. The lowest BCUT2D eigenvalue weighted by molar-refractivity contribution is -0.148. The second kappa shape index (κ2) is 9.01. The van der Waals surface area contributed by atoms with E-state index in [1.165, 1.54) is 29.4 Å². The van der Waals surface area contributed by atoms with Gasteiger partial charge in [0.05, 0.1) is 0 Å². The number of ether oxygens (including phenoxy) is 3. The highest BCUT2D eigenvalue weighted by Crippen LogP contribution is 2.38. The molecule has 1 aliphatic carbocycles. The van der Waals surface area contributed by atoms with Crippen LogP contribution in [-0.2, 0) is 22.4 Å². The van der Waals surface area contributed by atoms with Crippen molar-refractivity contribution in [2.24, 2.45) is 0 Å². The van der Waals surface area contributed by atoms with Crippen LogP contribution in [0.25, 0.3) is 11.1 Å². The summed E-state index contributed by atoms with van der Waals surface area (Å²) in [5.41, 5.74) is 6.18. The third-order valence-corrected chi connectivity index (χ3v) is 5.31. The number of rotatable bonds is 9. The summed E-state index contributed by atoms with van der Waals surface area (Å²) in [4.78, 5) is 11.2. The maximum Gasteiger partial charge on any atom is 0.545 e. The molecule has 0 radical (unpaired) electrons. The van der Waals surface area contributed by atoms with E-state index in [9.17, 15) is 4.79 Å². The van der Waals surface area contributed by atoms with Gasteiger partial charge in [0.15, 0.2) is 0 Å². The third-order valence-electron chi connectivity index (χ3n) is 5.31. The van der Waals surface area contributed by atoms with Crippen molar-refractivity contribution >= 4 is 5.97 Å². The van der Waals surface area contributed by atoms with Gasteiger partial charge in [0, 0.05) is 18.3 Å². The number of carbonyl (C=O) groups excluding carboxylic acids is 1. The van der Waals surface area contributed by atoms with Crippen molar-refractivity contribution in [2.75, 3.05) is 20.3 Å². The molecule has 5 nitrogen and oxygen atoms in total. The molecule has 5 heteroatoms. The average molecular weight is 405 g/mol. The smallest absolute Gasteiger partial charge is 0.545 e. The summed E-state index contributed by atoms with van der Waals surface area (Å²) in [7, 11) is 1.44. The summed E-state index contributed by atoms with van der Waals surface area (Å²) in [6, 6.07) is 22.2. The van der Waals surface area contributed by atoms with E-state index in [-0.39, 0.29) is 0 Å². The Labute approximate surface area is 175 Å². The van der Waals surface area contributed by atoms with E-state index in [0.717, 1.165) is 23.5 Å². The number of hydrogen-bond donors (Lipinski definition) is 0. The molecule has 0 aliphatic heterocycles. The highest BCUT2D eigenvalue weighted by molar-refractivity contribution is 5.77. The van der Waals surface area contributed by atoms with Crippen LogP contribution in [-0.4, -0.2) is 37.5 Å². The van der Waals surface area contributed by atoms with Gasteiger partial charge in [0.25, 0.3) is 0 Å². The second-order valence-corrected chi connectivity index (χ2v) is 7.29. The lowest BCUT2D eigenvalue weighted by Crippen LogP contribution is -2.24. The molecule has 0 spiro atoms. The van der Waals surface area contributed by atoms with Crippen LogP contribution >= 0.6 is 0 Å². The molecule has 0 heterocycles. The first-order valence-electron chi connectivity index (χ1n) is 9.98. The molecule has 0 saturated heterocycles. The van der Waals surface area contributed by atoms with Crippen molar-refractivity contribution in [1.82, 2.24) is 0 Å². The molecular formula is C25H25O5+. The fraction of sp³-hybridized carbons (Fsp3) is 0.240. The van der Waals surface area contributed by atoms with E-state index in [0.29, 0.717) is 19.6 Å². The molecule has 2 N–H and O–H groups in total. The minimum atomic E-state index is -0.731. The number of carbonyl (C=O) groups is 1. The minimum Gasteiger partial charge on any atom is -0.563 e. The standard InChI is InChI=1S/C25H24O5/c1-28-24(25(26)27)14-17-6-8-20(9-7-17)29-12-13-30-21-10-11-23-19(16-21)15-18-4-2-3-5-22(18)23/h2-11,16,24H,12-15H2,1H3,(H,26,27)/p+1/t24-/m0/s1. The molecular weight excluding hydrogens is 380 g/mol. The van der Waals surface area contributed by atoms with Crippen molar-refractivity contribution in [2.45, 2.75) is 18.9 Å². The van der Waals surface area contributed by atoms with Gasteiger partial charge in [-0.05, 0) is 58.5 Å². The molecule has 0 bridgehead atoms. The van der Waals surface area contributed by atoms with E-state index < -0.39 is 12.1 Å². The molecule has 1 atom stereocenters. The monoisotopic (exact) mass is 405 g/mol. The highest BCUT2D eigenvalue weighted by Gasteiger charge is 2.24. The Morgan fingerprint density at radius 3 is 2.30 bits per heavy atom. The van der Waals surface area contributed by atoms with Crippen molar-refractivity contribution in [1.29, 1.82) is 0 Å². The largest absolute Gasteiger partial charge is 0.563 e. The summed E-state index contributed by atoms with van der Waals surface area (Å²) in [5, 5.41) is 7.18. The quantitative estimate of drug-likeness (QED) is 0.316. The van der Waals surface area contributed by atoms with Gasteiger partial charge in [-0.25, -0.2) is 0 Å². The lowest BCUT2D eigenvalue weighted by Gasteiger charge is -2.11. The predicted molar refractivity (Wildman–Crippen MR) is 115 cm³/mol. The van der Waals surface area contributed by atoms with Crippen LogP contribution in [0.15, 0.2) is 66.7 Å². The molecule has 0 saturated carbocycles. The molecule has 0 amide bonds. The maximum absolute atomic E-state index is 11.2. The van der Waals surface area contributed by atoms with Crippen molar-refractivity contribution in [3.05, 3.63) is 83.4 Å². The van der Waals surface area contributed by atoms with Gasteiger partial charge in [-0.15, -0.1) is 0 Å². The fourth-order valence-corrected chi connectivity index (χ4v) is 3.75. The van der Waals surface area contributed by atoms with E-state index in [4.69, 9.17) is 19.3 Å². The van der Waals surface area contributed by atoms with Crippen molar-refractivity contribution in [3.63, 3.8) is 0 Å². The number of hydrogen-bond acceptors (Lipinski definition) is 4. The summed E-state index contributed by atoms with van der Waals surface area (Å²) in [6.45, 7) is 0.884. The Hall–Kier alpha value is -3.31. The van der Waals surface area contributed by atoms with Gasteiger partial charge in [-0.3, -0.25) is 0 Å². The van der Waals surface area contributed by atoms with Gasteiger partial charge in [-0.2, -0.15) is 0 Å². The zero-order valence-electron chi connectivity index (χ0n) is 16.9. The molecule has 1 aliphatic rings. The van der Waals surface area contributed by atoms with E-state index >= 15 is 0 Å². The van der Waals surface area contributed by atoms with Gasteiger partial charge >= 0.3 is 5.97 Å². The first-order valence-corrected chi connectivity index (χ1v) is 9.98. The van der Waals surface area contributed by atoms with Crippen molar-refractivity contribution < 1.29 is 24.1 Å². The normalized spacial score (nSPS) is 12.7. The molecule has 0 fully saturated rings. The molecule has 30 heavy (non-hydrogen) atoms. The average Bonchev–Trinajstić information content (AvgIpc) is 3.13. The van der Waals surface area contributed by atoms with Crippen LogP contribution < -0.4 is 9.47 Å². The first kappa shape index (κ1) is 20.0. The number of fused-ring (bicyclic) bond motifs is 3. The second-order valence-electron chi connectivity index (χ2n) is 7.29. The van der Waals surface area contributed by atoms with E-state index in [1.54, 1.807) is 0 Å². The Balaban J connectivity index is 1.26. The molecule has 3 aromatic carbocycles. The number of methoxy groups -OCH3 is 1. The Kier molecular flexibility index (Phi) is 6.00. The molecule has 3 aromatic rings. The van der Waals surface area contributed by atoms with Crippen LogP contribution in [0.4, 0.5) is 0 Å². The Morgan fingerprint density at radius 1 is 0.900 bits per heavy atom. The lowest BCUT2D eigenvalue weighted by atomic mass is 10.1. The minimum absolute atomic E-state index is 0.379. The Bertz CT molecular complexity index is 1030. The zero-order valence-corrected chi connectivity index (χ0v) is 16.9. The van der Waals surface area contributed by atoms with E-state index in [1.807, 2.05) is 30.3 Å². The van der Waals surface area contributed by atoms with Gasteiger partial charge in [0.2, 0.25) is 6.10 Å². The Morgan fingerprint density at radius 2 is 1.57 bits per heavy atom. The van der Waals surface area contributed by atoms with Crippen LogP contribution in [0.3, 0.4) is 0 Å². The third kappa shape index (κ3) is 4.47. The van der Waals surface area contributed by atoms with E-state index in [2.05, 4.69) is 36.4 Å². The SMILES string of the molecule is CO[C@@H](Cc1ccc(OCCOc2ccc3c(c2)Cc2ccccc2-3)cc1)C(=O)[OH2+]. The first-order chi connectivity index (χ1) is 14.6. The maximum atomic E-state index is 11.2. The van der Waals surface area contributed by atoms with Crippen molar-refractivity contribution in [3.8, 4) is 22.6 Å². The van der Waals surface area contributed by atoms with Gasteiger partial charge in [-0.1, -0.05) is 42.5 Å². The topological polar surface area (TPSA) is 67.7 Å². The van der Waals surface area contributed by atoms with Crippen LogP contribution in [0.1, 0.15) is 16.7 Å². The molecule has 0 unspecified atom stereocenters. The number of benzene rings is 3. The summed E-state index contributed by atoms with van der Waals surface area (Å²) in [6.07, 6.45) is 0.594. The highest BCUT2D eigenvalue weighted by atomic mass is 16.5. The van der Waals surface area contributed by atoms with Gasteiger partial charge in [0.1, 0.15) is 24.7 Å². The molecule has 0 aromatic heterocycles. The summed E-state index contributed by atoms with van der Waals surface area (Å²) in [5.74, 6) is 0.870. The molecule has 4 rings (SSSR count). The van der Waals surface area contributed by atoms with Gasteiger partial charge < -0.3 is 19.3 Å². The van der Waals surface area contributed by atoms with Crippen LogP contribution in [0.5, 0.6) is 11.5 Å². The summed E-state index contributed by atoms with van der Waals surface area (Å²) >= 11 is 0. The van der Waals surface area contributed by atoms with Crippen LogP contribution in [0.2, 0.25) is 0 Å². The predicted octanol–water partition coefficient (Wildman–Crippen LogP) is 3.52. The van der Waals surface area contributed by atoms with Crippen LogP contribution in [0, 0.1) is 0 Å².